The predicted octanol–water partition coefficient (Wildman–Crippen LogP) is 2.74. The first-order valence-corrected chi connectivity index (χ1v) is 8.55. The quantitative estimate of drug-likeness (QED) is 0.464. The van der Waals surface area contributed by atoms with E-state index in [4.69, 9.17) is 15.9 Å². The molecule has 0 spiro atoms. The highest BCUT2D eigenvalue weighted by atomic mass is 19.4. The van der Waals surface area contributed by atoms with Crippen molar-refractivity contribution in [2.24, 2.45) is 5.73 Å². The summed E-state index contributed by atoms with van der Waals surface area (Å²) in [6.45, 7) is 0.364. The number of ether oxygens (including phenoxy) is 1. The largest absolute Gasteiger partial charge is 0.489 e. The van der Waals surface area contributed by atoms with E-state index in [1.165, 1.54) is 18.2 Å². The van der Waals surface area contributed by atoms with Crippen LogP contribution in [0.25, 0.3) is 0 Å². The van der Waals surface area contributed by atoms with Crippen LogP contribution in [0.5, 0.6) is 5.75 Å². The highest BCUT2D eigenvalue weighted by Crippen LogP contribution is 2.34. The van der Waals surface area contributed by atoms with Crippen LogP contribution in [0, 0.1) is 5.41 Å². The van der Waals surface area contributed by atoms with Gasteiger partial charge in [0.1, 0.15) is 17.7 Å². The number of nitrogen functional groups attached to an aromatic ring is 1. The van der Waals surface area contributed by atoms with Crippen LogP contribution in [0.1, 0.15) is 17.5 Å². The average molecular weight is 392 g/mol. The predicted molar refractivity (Wildman–Crippen MR) is 98.4 cm³/mol. The molecule has 1 saturated heterocycles. The highest BCUT2D eigenvalue weighted by molar-refractivity contribution is 5.96. The maximum absolute atomic E-state index is 13.1. The number of amides is 1. The first kappa shape index (κ1) is 19.7. The zero-order valence-corrected chi connectivity index (χ0v) is 14.7. The summed E-state index contributed by atoms with van der Waals surface area (Å²) in [5.41, 5.74) is 4.80. The monoisotopic (exact) mass is 392 g/mol. The van der Waals surface area contributed by atoms with E-state index < -0.39 is 23.7 Å². The summed E-state index contributed by atoms with van der Waals surface area (Å²) in [7, 11) is 0. The molecule has 6 nitrogen and oxygen atoms in total. The molecule has 1 fully saturated rings. The molecule has 0 radical (unpaired) electrons. The number of nitrogens with two attached hydrogens (primary N) is 1. The fraction of sp³-hybridized carbons (Fsp3) is 0.263. The zero-order valence-electron chi connectivity index (χ0n) is 14.7. The van der Waals surface area contributed by atoms with Gasteiger partial charge in [-0.1, -0.05) is 24.3 Å². The number of benzene rings is 2. The molecule has 9 heteroatoms. The number of hydrogen-bond acceptors (Lipinski definition) is 4. The number of nitrogens with one attached hydrogen (secondary N) is 3. The first-order chi connectivity index (χ1) is 13.2. The summed E-state index contributed by atoms with van der Waals surface area (Å²) in [5.74, 6) is -0.140. The molecule has 1 aliphatic heterocycles. The van der Waals surface area contributed by atoms with Crippen molar-refractivity contribution in [2.45, 2.75) is 24.7 Å². The van der Waals surface area contributed by atoms with Crippen molar-refractivity contribution >= 4 is 17.4 Å². The van der Waals surface area contributed by atoms with Crippen LogP contribution < -0.4 is 21.1 Å². The smallest absolute Gasteiger partial charge is 0.418 e. The molecule has 0 unspecified atom stereocenters. The lowest BCUT2D eigenvalue weighted by atomic mass is 10.1. The van der Waals surface area contributed by atoms with Gasteiger partial charge in [0.05, 0.1) is 17.3 Å². The van der Waals surface area contributed by atoms with Crippen LogP contribution in [0.3, 0.4) is 0 Å². The van der Waals surface area contributed by atoms with E-state index in [9.17, 15) is 18.0 Å². The third-order valence-electron chi connectivity index (χ3n) is 4.35. The SMILES string of the molecule is N=C(N)c1cccc(O[C@H]2CN[C@H](C(=O)Nc3ccccc3C(F)(F)F)C2)c1. The van der Waals surface area contributed by atoms with Crippen LogP contribution >= 0.6 is 0 Å². The fourth-order valence-corrected chi connectivity index (χ4v) is 2.98. The van der Waals surface area contributed by atoms with Gasteiger partial charge >= 0.3 is 6.18 Å². The van der Waals surface area contributed by atoms with E-state index in [-0.39, 0.29) is 17.6 Å². The van der Waals surface area contributed by atoms with Crippen LogP contribution in [0.2, 0.25) is 0 Å². The third kappa shape index (κ3) is 4.61. The second kappa shape index (κ2) is 7.89. The Morgan fingerprint density at radius 3 is 2.68 bits per heavy atom. The van der Waals surface area contributed by atoms with Crippen molar-refractivity contribution < 1.29 is 22.7 Å². The Labute approximate surface area is 159 Å². The fourth-order valence-electron chi connectivity index (χ4n) is 2.98. The van der Waals surface area contributed by atoms with E-state index in [1.807, 2.05) is 0 Å². The summed E-state index contributed by atoms with van der Waals surface area (Å²) in [6, 6.07) is 10.9. The maximum Gasteiger partial charge on any atom is 0.418 e. The minimum atomic E-state index is -4.56. The number of para-hydroxylation sites is 1. The van der Waals surface area contributed by atoms with Gasteiger partial charge in [-0.15, -0.1) is 0 Å². The molecular weight excluding hydrogens is 373 g/mol. The topological polar surface area (TPSA) is 100 Å². The molecule has 1 heterocycles. The number of hydrogen-bond donors (Lipinski definition) is 4. The number of amidine groups is 1. The Balaban J connectivity index is 1.62. The van der Waals surface area contributed by atoms with Gasteiger partial charge in [0, 0.05) is 18.5 Å². The van der Waals surface area contributed by atoms with Gasteiger partial charge < -0.3 is 21.1 Å². The molecule has 0 saturated carbocycles. The first-order valence-electron chi connectivity index (χ1n) is 8.55. The van der Waals surface area contributed by atoms with E-state index >= 15 is 0 Å². The maximum atomic E-state index is 13.1. The van der Waals surface area contributed by atoms with Crippen molar-refractivity contribution in [2.75, 3.05) is 11.9 Å². The Kier molecular flexibility index (Phi) is 5.55. The molecule has 2 aromatic carbocycles. The number of carbonyl (C=O) groups excluding carboxylic acids is 1. The molecule has 148 valence electrons. The standard InChI is InChI=1S/C19H19F3N4O2/c20-19(21,22)14-6-1-2-7-15(14)26-18(27)16-9-13(10-25-16)28-12-5-3-4-11(8-12)17(23)24/h1-8,13,16,25H,9-10H2,(H3,23,24)(H,26,27)/t13-,16+/m1/s1. The van der Waals surface area contributed by atoms with Gasteiger partial charge in [-0.05, 0) is 24.3 Å². The summed E-state index contributed by atoms with van der Waals surface area (Å²) in [4.78, 5) is 12.4. The molecule has 2 atom stereocenters. The summed E-state index contributed by atoms with van der Waals surface area (Å²) in [6.07, 6.45) is -4.60. The van der Waals surface area contributed by atoms with Gasteiger partial charge in [-0.25, -0.2) is 0 Å². The van der Waals surface area contributed by atoms with Crippen LogP contribution in [0.4, 0.5) is 18.9 Å². The minimum Gasteiger partial charge on any atom is -0.489 e. The molecular formula is C19H19F3N4O2. The number of alkyl halides is 3. The van der Waals surface area contributed by atoms with Gasteiger partial charge in [0.15, 0.2) is 0 Å². The van der Waals surface area contributed by atoms with Crippen molar-refractivity contribution in [3.8, 4) is 5.75 Å². The molecule has 5 N–H and O–H groups in total. The Bertz CT molecular complexity index is 885. The van der Waals surface area contributed by atoms with Crippen molar-refractivity contribution in [1.82, 2.24) is 5.32 Å². The number of rotatable bonds is 5. The van der Waals surface area contributed by atoms with Crippen molar-refractivity contribution in [3.63, 3.8) is 0 Å². The summed E-state index contributed by atoms with van der Waals surface area (Å²) >= 11 is 0. The molecule has 28 heavy (non-hydrogen) atoms. The molecule has 1 aliphatic rings. The lowest BCUT2D eigenvalue weighted by Gasteiger charge is -2.16. The highest BCUT2D eigenvalue weighted by Gasteiger charge is 2.35. The third-order valence-corrected chi connectivity index (χ3v) is 4.35. The molecule has 0 bridgehead atoms. The lowest BCUT2D eigenvalue weighted by molar-refractivity contribution is -0.137. The van der Waals surface area contributed by atoms with E-state index in [0.717, 1.165) is 6.07 Å². The van der Waals surface area contributed by atoms with Crippen LogP contribution in [-0.4, -0.2) is 30.4 Å². The normalized spacial score (nSPS) is 19.2. The number of halogens is 3. The number of anilines is 1. The van der Waals surface area contributed by atoms with Gasteiger partial charge in [-0.2, -0.15) is 13.2 Å². The Hall–Kier alpha value is -3.07. The van der Waals surface area contributed by atoms with Gasteiger partial charge in [-0.3, -0.25) is 10.2 Å². The second-order valence-corrected chi connectivity index (χ2v) is 6.41. The van der Waals surface area contributed by atoms with Gasteiger partial charge in [0.2, 0.25) is 5.91 Å². The van der Waals surface area contributed by atoms with E-state index in [0.29, 0.717) is 24.3 Å². The van der Waals surface area contributed by atoms with Crippen molar-refractivity contribution in [1.29, 1.82) is 5.41 Å². The molecule has 3 rings (SSSR count). The summed E-state index contributed by atoms with van der Waals surface area (Å²) in [5, 5.41) is 12.8. The molecule has 1 amide bonds. The van der Waals surface area contributed by atoms with E-state index in [2.05, 4.69) is 10.6 Å². The zero-order chi connectivity index (χ0) is 20.3. The average Bonchev–Trinajstić information content (AvgIpc) is 3.10. The van der Waals surface area contributed by atoms with E-state index in [1.54, 1.807) is 24.3 Å². The minimum absolute atomic E-state index is 0.0874. The van der Waals surface area contributed by atoms with Crippen LogP contribution in [-0.2, 0) is 11.0 Å². The molecule has 0 aliphatic carbocycles. The van der Waals surface area contributed by atoms with Crippen LogP contribution in [0.15, 0.2) is 48.5 Å². The number of carbonyl (C=O) groups is 1. The van der Waals surface area contributed by atoms with Gasteiger partial charge in [0.25, 0.3) is 0 Å². The lowest BCUT2D eigenvalue weighted by Crippen LogP contribution is -2.36. The Morgan fingerprint density at radius 2 is 1.96 bits per heavy atom. The van der Waals surface area contributed by atoms with Crippen molar-refractivity contribution in [3.05, 3.63) is 59.7 Å². The summed E-state index contributed by atoms with van der Waals surface area (Å²) < 4.78 is 45.0. The molecule has 0 aromatic heterocycles. The molecule has 2 aromatic rings. The second-order valence-electron chi connectivity index (χ2n) is 6.41. The Morgan fingerprint density at radius 1 is 1.21 bits per heavy atom.